The number of anilines is 1. The van der Waals surface area contributed by atoms with E-state index in [1.54, 1.807) is 7.11 Å². The van der Waals surface area contributed by atoms with Gasteiger partial charge in [-0.25, -0.2) is 0 Å². The molecule has 2 atom stereocenters. The van der Waals surface area contributed by atoms with E-state index >= 15 is 0 Å². The average molecular weight is 426 g/mol. The molecule has 0 saturated heterocycles. The molecule has 0 radical (unpaired) electrons. The van der Waals surface area contributed by atoms with Crippen molar-refractivity contribution in [3.8, 4) is 5.75 Å². The average Bonchev–Trinajstić information content (AvgIpc) is 2.83. The van der Waals surface area contributed by atoms with Crippen molar-refractivity contribution >= 4 is 11.8 Å². The van der Waals surface area contributed by atoms with Gasteiger partial charge in [0.1, 0.15) is 5.75 Å². The van der Waals surface area contributed by atoms with E-state index in [9.17, 15) is 0 Å². The molecule has 1 aliphatic rings. The Morgan fingerprint density at radius 3 is 2.47 bits per heavy atom. The Hall–Kier alpha value is -3.00. The molecule has 1 saturated carbocycles. The molecule has 0 bridgehead atoms. The third kappa shape index (κ3) is 4.60. The zero-order chi connectivity index (χ0) is 22.6. The van der Waals surface area contributed by atoms with Crippen LogP contribution >= 0.6 is 0 Å². The smallest absolute Gasteiger partial charge is 0.119 e. The van der Waals surface area contributed by atoms with Crippen molar-refractivity contribution in [3.63, 3.8) is 0 Å². The number of allylic oxidation sites excluding steroid dienone is 1. The summed E-state index contributed by atoms with van der Waals surface area (Å²) in [4.78, 5) is 2.41. The predicted molar refractivity (Wildman–Crippen MR) is 137 cm³/mol. The Morgan fingerprint density at radius 2 is 1.75 bits per heavy atom. The summed E-state index contributed by atoms with van der Waals surface area (Å²) in [5.41, 5.74) is 6.68. The number of hydrogen-bond donors (Lipinski definition) is 0. The first-order valence-corrected chi connectivity index (χ1v) is 11.7. The van der Waals surface area contributed by atoms with Crippen LogP contribution in [0.5, 0.6) is 5.75 Å². The predicted octanol–water partition coefficient (Wildman–Crippen LogP) is 7.28. The molecule has 1 aliphatic carbocycles. The maximum atomic E-state index is 5.61. The summed E-state index contributed by atoms with van der Waals surface area (Å²) in [5.74, 6) is 1.43. The molecule has 0 spiro atoms. The van der Waals surface area contributed by atoms with E-state index < -0.39 is 0 Å². The van der Waals surface area contributed by atoms with Crippen molar-refractivity contribution < 1.29 is 4.74 Å². The summed E-state index contributed by atoms with van der Waals surface area (Å²) in [7, 11) is 3.98. The SMILES string of the molecule is COc1cccc(C2(C)/C(=C/c3ccc(C)cc3)CCCC2CN(C)c2ccccc2)c1. The molecule has 0 amide bonds. The lowest BCUT2D eigenvalue weighted by molar-refractivity contribution is 0.275. The van der Waals surface area contributed by atoms with Gasteiger partial charge in [-0.1, -0.05) is 78.7 Å². The molecule has 0 aliphatic heterocycles. The molecular formula is C30H35NO. The number of nitrogens with zero attached hydrogens (tertiary/aromatic N) is 1. The van der Waals surface area contributed by atoms with Gasteiger partial charge < -0.3 is 9.64 Å². The summed E-state index contributed by atoms with van der Waals surface area (Å²) >= 11 is 0. The third-order valence-electron chi connectivity index (χ3n) is 7.26. The minimum atomic E-state index is -0.0548. The Balaban J connectivity index is 1.76. The van der Waals surface area contributed by atoms with Crippen LogP contribution in [0.15, 0.2) is 84.4 Å². The van der Waals surface area contributed by atoms with Gasteiger partial charge in [-0.05, 0) is 67.5 Å². The maximum Gasteiger partial charge on any atom is 0.119 e. The fourth-order valence-electron chi connectivity index (χ4n) is 5.19. The van der Waals surface area contributed by atoms with Crippen molar-refractivity contribution in [2.24, 2.45) is 5.92 Å². The molecule has 0 aromatic heterocycles. The van der Waals surface area contributed by atoms with E-state index in [0.29, 0.717) is 5.92 Å². The standard InChI is InChI=1S/C30H35NO/c1-23-16-18-24(19-17-23)20-25-10-8-12-27(22-31(3)28-13-6-5-7-14-28)30(25,2)26-11-9-15-29(21-26)32-4/h5-7,9,11,13-21,27H,8,10,12,22H2,1-4H3/b25-20+. The highest BCUT2D eigenvalue weighted by molar-refractivity contribution is 5.59. The molecule has 32 heavy (non-hydrogen) atoms. The first kappa shape index (κ1) is 22.2. The Kier molecular flexibility index (Phi) is 6.69. The molecule has 2 unspecified atom stereocenters. The highest BCUT2D eigenvalue weighted by atomic mass is 16.5. The van der Waals surface area contributed by atoms with Gasteiger partial charge in [0.15, 0.2) is 0 Å². The van der Waals surface area contributed by atoms with Crippen molar-refractivity contribution in [1.29, 1.82) is 0 Å². The van der Waals surface area contributed by atoms with Crippen LogP contribution in [0.4, 0.5) is 5.69 Å². The van der Waals surface area contributed by atoms with Gasteiger partial charge in [-0.2, -0.15) is 0 Å². The molecule has 166 valence electrons. The van der Waals surface area contributed by atoms with Crippen LogP contribution in [-0.2, 0) is 5.41 Å². The number of benzene rings is 3. The fraction of sp³-hybridized carbons (Fsp3) is 0.333. The Morgan fingerprint density at radius 1 is 1.00 bits per heavy atom. The fourth-order valence-corrected chi connectivity index (χ4v) is 5.19. The van der Waals surface area contributed by atoms with Crippen molar-refractivity contribution in [2.75, 3.05) is 25.6 Å². The van der Waals surface area contributed by atoms with E-state index in [2.05, 4.69) is 105 Å². The van der Waals surface area contributed by atoms with Crippen LogP contribution in [-0.4, -0.2) is 20.7 Å². The number of aryl methyl sites for hydroxylation is 1. The van der Waals surface area contributed by atoms with Gasteiger partial charge in [0, 0.05) is 24.7 Å². The lowest BCUT2D eigenvalue weighted by Gasteiger charge is -2.46. The van der Waals surface area contributed by atoms with Crippen LogP contribution in [0, 0.1) is 12.8 Å². The molecule has 2 heteroatoms. The molecule has 3 aromatic rings. The first-order chi connectivity index (χ1) is 15.5. The van der Waals surface area contributed by atoms with Crippen LogP contribution in [0.25, 0.3) is 6.08 Å². The van der Waals surface area contributed by atoms with Gasteiger partial charge in [0.2, 0.25) is 0 Å². The summed E-state index contributed by atoms with van der Waals surface area (Å²) in [6, 6.07) is 28.3. The van der Waals surface area contributed by atoms with Gasteiger partial charge >= 0.3 is 0 Å². The largest absolute Gasteiger partial charge is 0.497 e. The summed E-state index contributed by atoms with van der Waals surface area (Å²) in [6.07, 6.45) is 6.02. The summed E-state index contributed by atoms with van der Waals surface area (Å²) < 4.78 is 5.61. The van der Waals surface area contributed by atoms with E-state index in [0.717, 1.165) is 18.7 Å². The van der Waals surface area contributed by atoms with Crippen LogP contribution in [0.2, 0.25) is 0 Å². The first-order valence-electron chi connectivity index (χ1n) is 11.7. The van der Waals surface area contributed by atoms with Gasteiger partial charge in [0.05, 0.1) is 7.11 Å². The number of para-hydroxylation sites is 1. The molecular weight excluding hydrogens is 390 g/mol. The number of rotatable bonds is 6. The van der Waals surface area contributed by atoms with Crippen molar-refractivity contribution in [1.82, 2.24) is 0 Å². The second-order valence-electron chi connectivity index (χ2n) is 9.32. The monoisotopic (exact) mass is 425 g/mol. The summed E-state index contributed by atoms with van der Waals surface area (Å²) in [5, 5.41) is 0. The Bertz CT molecular complexity index is 1050. The second kappa shape index (κ2) is 9.65. The minimum Gasteiger partial charge on any atom is -0.497 e. The molecule has 4 rings (SSSR count). The molecule has 3 aromatic carbocycles. The van der Waals surface area contributed by atoms with E-state index in [-0.39, 0.29) is 5.41 Å². The summed E-state index contributed by atoms with van der Waals surface area (Å²) in [6.45, 7) is 5.61. The van der Waals surface area contributed by atoms with Gasteiger partial charge in [-0.3, -0.25) is 0 Å². The highest BCUT2D eigenvalue weighted by Crippen LogP contribution is 2.49. The number of hydrogen-bond acceptors (Lipinski definition) is 2. The van der Waals surface area contributed by atoms with Gasteiger partial charge in [0.25, 0.3) is 0 Å². The number of ether oxygens (including phenoxy) is 1. The lowest BCUT2D eigenvalue weighted by Crippen LogP contribution is -2.43. The Labute approximate surface area is 193 Å². The second-order valence-corrected chi connectivity index (χ2v) is 9.32. The molecule has 1 fully saturated rings. The van der Waals surface area contributed by atoms with E-state index in [1.807, 2.05) is 6.07 Å². The van der Waals surface area contributed by atoms with E-state index in [1.165, 1.54) is 40.8 Å². The van der Waals surface area contributed by atoms with Crippen LogP contribution in [0.1, 0.15) is 42.9 Å². The highest BCUT2D eigenvalue weighted by Gasteiger charge is 2.42. The zero-order valence-electron chi connectivity index (χ0n) is 19.8. The minimum absolute atomic E-state index is 0.0548. The molecule has 0 N–H and O–H groups in total. The van der Waals surface area contributed by atoms with Crippen LogP contribution < -0.4 is 9.64 Å². The zero-order valence-corrected chi connectivity index (χ0v) is 19.8. The molecule has 0 heterocycles. The molecule has 2 nitrogen and oxygen atoms in total. The van der Waals surface area contributed by atoms with E-state index in [4.69, 9.17) is 4.74 Å². The van der Waals surface area contributed by atoms with Gasteiger partial charge in [-0.15, -0.1) is 0 Å². The van der Waals surface area contributed by atoms with Crippen LogP contribution in [0.3, 0.4) is 0 Å². The quantitative estimate of drug-likeness (QED) is 0.411. The normalized spacial score (nSPS) is 22.0. The van der Waals surface area contributed by atoms with Crippen molar-refractivity contribution in [3.05, 3.63) is 101 Å². The lowest BCUT2D eigenvalue weighted by atomic mass is 9.60. The maximum absolute atomic E-state index is 5.61. The third-order valence-corrected chi connectivity index (χ3v) is 7.26. The topological polar surface area (TPSA) is 12.5 Å². The number of methoxy groups -OCH3 is 1. The van der Waals surface area contributed by atoms with Crippen molar-refractivity contribution in [2.45, 2.75) is 38.5 Å².